The lowest BCUT2D eigenvalue weighted by molar-refractivity contribution is 0.0461. The van der Waals surface area contributed by atoms with E-state index in [4.69, 9.17) is 37.0 Å². The Morgan fingerprint density at radius 3 is 2.61 bits per heavy atom. The number of furan rings is 1. The predicted molar refractivity (Wildman–Crippen MR) is 102 cm³/mol. The van der Waals surface area contributed by atoms with Crippen LogP contribution in [0.4, 0.5) is 11.5 Å². The fourth-order valence-electron chi connectivity index (χ4n) is 2.58. The van der Waals surface area contributed by atoms with Crippen LogP contribution in [-0.2, 0) is 16.1 Å². The Bertz CT molecular complexity index is 1080. The van der Waals surface area contributed by atoms with Crippen molar-refractivity contribution >= 4 is 46.1 Å². The van der Waals surface area contributed by atoms with E-state index in [9.17, 15) is 9.59 Å². The van der Waals surface area contributed by atoms with Crippen LogP contribution in [0.25, 0.3) is 11.1 Å². The average molecular weight is 405 g/mol. The monoisotopic (exact) mass is 404 g/mol. The summed E-state index contributed by atoms with van der Waals surface area (Å²) < 4.78 is 15.7. The van der Waals surface area contributed by atoms with Gasteiger partial charge in [-0.05, 0) is 32.0 Å². The predicted octanol–water partition coefficient (Wildman–Crippen LogP) is 2.88. The third kappa shape index (κ3) is 3.70. The second-order valence-electron chi connectivity index (χ2n) is 5.77. The molecule has 0 fully saturated rings. The molecule has 0 bridgehead atoms. The van der Waals surface area contributed by atoms with Crippen molar-refractivity contribution in [1.29, 1.82) is 0 Å². The highest BCUT2D eigenvalue weighted by atomic mass is 35.5. The molecule has 0 saturated carbocycles. The van der Waals surface area contributed by atoms with Crippen LogP contribution in [0.3, 0.4) is 0 Å². The summed E-state index contributed by atoms with van der Waals surface area (Å²) in [6.45, 7) is 3.24. The first-order valence-corrected chi connectivity index (χ1v) is 8.64. The zero-order chi connectivity index (χ0) is 20.4. The Morgan fingerprint density at radius 2 is 1.93 bits per heavy atom. The maximum absolute atomic E-state index is 12.2. The van der Waals surface area contributed by atoms with Gasteiger partial charge in [-0.2, -0.15) is 4.98 Å². The SMILES string of the molecule is CCOC(=O)c1c(C)oc2nc(COC(=O)c3ccc(Cl)c(N)c3)nc(N)c12. The molecule has 9 nitrogen and oxygen atoms in total. The quantitative estimate of drug-likeness (QED) is 0.484. The molecule has 0 saturated heterocycles. The van der Waals surface area contributed by atoms with Gasteiger partial charge in [0.15, 0.2) is 12.4 Å². The molecule has 2 aromatic heterocycles. The number of benzene rings is 1. The Balaban J connectivity index is 1.83. The third-order valence-electron chi connectivity index (χ3n) is 3.85. The van der Waals surface area contributed by atoms with E-state index < -0.39 is 11.9 Å². The van der Waals surface area contributed by atoms with E-state index in [0.29, 0.717) is 10.8 Å². The molecule has 4 N–H and O–H groups in total. The molecule has 0 unspecified atom stereocenters. The van der Waals surface area contributed by atoms with Gasteiger partial charge in [0, 0.05) is 0 Å². The first kappa shape index (κ1) is 19.4. The van der Waals surface area contributed by atoms with E-state index in [-0.39, 0.29) is 52.8 Å². The summed E-state index contributed by atoms with van der Waals surface area (Å²) in [6.07, 6.45) is 0. The van der Waals surface area contributed by atoms with Crippen molar-refractivity contribution in [2.75, 3.05) is 18.1 Å². The molecule has 28 heavy (non-hydrogen) atoms. The third-order valence-corrected chi connectivity index (χ3v) is 4.19. The average Bonchev–Trinajstić information content (AvgIpc) is 2.98. The van der Waals surface area contributed by atoms with Crippen LogP contribution in [0.2, 0.25) is 5.02 Å². The summed E-state index contributed by atoms with van der Waals surface area (Å²) in [5, 5.41) is 0.597. The minimum absolute atomic E-state index is 0.0201. The Morgan fingerprint density at radius 1 is 1.18 bits per heavy atom. The molecule has 0 aliphatic carbocycles. The summed E-state index contributed by atoms with van der Waals surface area (Å²) in [6, 6.07) is 4.39. The van der Waals surface area contributed by atoms with E-state index in [2.05, 4.69) is 9.97 Å². The van der Waals surface area contributed by atoms with Gasteiger partial charge in [-0.1, -0.05) is 11.6 Å². The molecule has 1 aromatic carbocycles. The van der Waals surface area contributed by atoms with Crippen LogP contribution in [0.1, 0.15) is 39.2 Å². The maximum Gasteiger partial charge on any atom is 0.342 e. The minimum atomic E-state index is -0.631. The zero-order valence-corrected chi connectivity index (χ0v) is 15.9. The van der Waals surface area contributed by atoms with Crippen molar-refractivity contribution in [2.45, 2.75) is 20.5 Å². The second-order valence-corrected chi connectivity index (χ2v) is 6.18. The van der Waals surface area contributed by atoms with Gasteiger partial charge in [0.05, 0.1) is 28.3 Å². The van der Waals surface area contributed by atoms with Crippen LogP contribution in [0.5, 0.6) is 0 Å². The zero-order valence-electron chi connectivity index (χ0n) is 15.1. The van der Waals surface area contributed by atoms with Crippen molar-refractivity contribution in [1.82, 2.24) is 9.97 Å². The number of halogens is 1. The summed E-state index contributed by atoms with van der Waals surface area (Å²) in [4.78, 5) is 32.5. The highest BCUT2D eigenvalue weighted by Crippen LogP contribution is 2.29. The number of nitrogens with two attached hydrogens (primary N) is 2. The van der Waals surface area contributed by atoms with E-state index in [1.165, 1.54) is 18.2 Å². The van der Waals surface area contributed by atoms with Gasteiger partial charge in [-0.15, -0.1) is 0 Å². The van der Waals surface area contributed by atoms with Gasteiger partial charge >= 0.3 is 11.9 Å². The highest BCUT2D eigenvalue weighted by Gasteiger charge is 2.24. The smallest absolute Gasteiger partial charge is 0.342 e. The van der Waals surface area contributed by atoms with E-state index in [1.54, 1.807) is 13.8 Å². The summed E-state index contributed by atoms with van der Waals surface area (Å²) >= 11 is 5.83. The number of hydrogen-bond donors (Lipinski definition) is 2. The minimum Gasteiger partial charge on any atom is -0.462 e. The van der Waals surface area contributed by atoms with E-state index >= 15 is 0 Å². The number of carbonyl (C=O) groups excluding carboxylic acids is 2. The van der Waals surface area contributed by atoms with Crippen molar-refractivity contribution in [2.24, 2.45) is 0 Å². The van der Waals surface area contributed by atoms with Crippen LogP contribution >= 0.6 is 11.6 Å². The molecule has 146 valence electrons. The number of ether oxygens (including phenoxy) is 2. The van der Waals surface area contributed by atoms with Gasteiger partial charge in [-0.3, -0.25) is 0 Å². The molecule has 2 heterocycles. The number of aryl methyl sites for hydroxylation is 1. The number of carbonyl (C=O) groups is 2. The summed E-state index contributed by atoms with van der Waals surface area (Å²) in [5.74, 6) is -0.765. The second kappa shape index (κ2) is 7.73. The molecule has 0 radical (unpaired) electrons. The van der Waals surface area contributed by atoms with Gasteiger partial charge in [0.2, 0.25) is 5.71 Å². The molecule has 3 aromatic rings. The van der Waals surface area contributed by atoms with E-state index in [1.807, 2.05) is 0 Å². The summed E-state index contributed by atoms with van der Waals surface area (Å²) in [7, 11) is 0. The lowest BCUT2D eigenvalue weighted by Gasteiger charge is -2.06. The number of hydrogen-bond acceptors (Lipinski definition) is 9. The maximum atomic E-state index is 12.2. The summed E-state index contributed by atoms with van der Waals surface area (Å²) in [5.41, 5.74) is 12.4. The van der Waals surface area contributed by atoms with Crippen molar-refractivity contribution in [3.8, 4) is 0 Å². The Kier molecular flexibility index (Phi) is 5.36. The highest BCUT2D eigenvalue weighted by molar-refractivity contribution is 6.33. The first-order valence-electron chi connectivity index (χ1n) is 8.26. The first-order chi connectivity index (χ1) is 13.3. The number of nitrogen functional groups attached to an aromatic ring is 2. The topological polar surface area (TPSA) is 144 Å². The number of anilines is 2. The standard InChI is InChI=1S/C18H17ClN4O5/c1-3-26-18(25)13-8(2)28-16-14(13)15(21)22-12(23-16)7-27-17(24)9-4-5-10(19)11(20)6-9/h4-6H,3,7,20H2,1-2H3,(H2,21,22,23). The number of nitrogens with zero attached hydrogens (tertiary/aromatic N) is 2. The number of fused-ring (bicyclic) bond motifs is 1. The van der Waals surface area contributed by atoms with Crippen LogP contribution in [-0.4, -0.2) is 28.5 Å². The molecule has 10 heteroatoms. The fraction of sp³-hybridized carbons (Fsp3) is 0.222. The van der Waals surface area contributed by atoms with E-state index in [0.717, 1.165) is 0 Å². The molecular weight excluding hydrogens is 388 g/mol. The lowest BCUT2D eigenvalue weighted by Crippen LogP contribution is -2.10. The lowest BCUT2D eigenvalue weighted by atomic mass is 10.2. The molecule has 0 aliphatic rings. The van der Waals surface area contributed by atoms with Crippen molar-refractivity contribution < 1.29 is 23.5 Å². The normalized spacial score (nSPS) is 10.8. The fourth-order valence-corrected chi connectivity index (χ4v) is 2.70. The van der Waals surface area contributed by atoms with Crippen molar-refractivity contribution in [3.63, 3.8) is 0 Å². The molecule has 0 atom stereocenters. The van der Waals surface area contributed by atoms with Crippen LogP contribution in [0, 0.1) is 6.92 Å². The van der Waals surface area contributed by atoms with Crippen LogP contribution < -0.4 is 11.5 Å². The van der Waals surface area contributed by atoms with Crippen LogP contribution in [0.15, 0.2) is 22.6 Å². The molecular formula is C18H17ClN4O5. The van der Waals surface area contributed by atoms with Gasteiger partial charge in [-0.25, -0.2) is 14.6 Å². The van der Waals surface area contributed by atoms with Gasteiger partial charge < -0.3 is 25.4 Å². The largest absolute Gasteiger partial charge is 0.462 e. The van der Waals surface area contributed by atoms with Gasteiger partial charge in [0.25, 0.3) is 0 Å². The van der Waals surface area contributed by atoms with Crippen molar-refractivity contribution in [3.05, 3.63) is 45.9 Å². The number of esters is 2. The molecule has 0 aliphatic heterocycles. The Labute approximate surface area is 164 Å². The van der Waals surface area contributed by atoms with Gasteiger partial charge in [0.1, 0.15) is 17.1 Å². The Hall–Kier alpha value is -3.33. The number of aromatic nitrogens is 2. The number of rotatable bonds is 5. The molecule has 0 spiro atoms. The molecule has 3 rings (SSSR count). The molecule has 0 amide bonds.